The zero-order valence-electron chi connectivity index (χ0n) is 5.50. The Bertz CT molecular complexity index is 254. The van der Waals surface area contributed by atoms with Gasteiger partial charge in [0.25, 0.3) is 0 Å². The molecule has 0 spiro atoms. The Hall–Kier alpha value is -1.09. The average molecular weight is 139 g/mol. The Morgan fingerprint density at radius 3 is 3.00 bits per heavy atom. The summed E-state index contributed by atoms with van der Waals surface area (Å²) in [6, 6.07) is 3.26. The van der Waals surface area contributed by atoms with E-state index < -0.39 is 0 Å². The topological polar surface area (TPSA) is 53.1 Å². The smallest absolute Gasteiger partial charge is 0.248 e. The van der Waals surface area contributed by atoms with E-state index in [0.717, 1.165) is 5.56 Å². The highest BCUT2D eigenvalue weighted by molar-refractivity contribution is 5.09. The molecule has 3 nitrogen and oxygen atoms in total. The van der Waals surface area contributed by atoms with Crippen molar-refractivity contribution in [3.8, 4) is 0 Å². The van der Waals surface area contributed by atoms with Crippen molar-refractivity contribution < 1.29 is 5.11 Å². The Kier molecular flexibility index (Phi) is 2.23. The molecule has 54 valence electrons. The van der Waals surface area contributed by atoms with Crippen LogP contribution in [0.2, 0.25) is 0 Å². The molecule has 1 aromatic rings. The monoisotopic (exact) mass is 139 g/mol. The molecule has 1 aromatic heterocycles. The first kappa shape index (κ1) is 7.02. The summed E-state index contributed by atoms with van der Waals surface area (Å²) in [7, 11) is 0. The molecule has 2 N–H and O–H groups in total. The Morgan fingerprint density at radius 1 is 1.60 bits per heavy atom. The predicted octanol–water partition coefficient (Wildman–Crippen LogP) is -0.0903. The summed E-state index contributed by atoms with van der Waals surface area (Å²) in [4.78, 5) is 13.1. The van der Waals surface area contributed by atoms with E-state index in [-0.39, 0.29) is 12.2 Å². The van der Waals surface area contributed by atoms with Crippen LogP contribution in [-0.2, 0) is 6.42 Å². The lowest BCUT2D eigenvalue weighted by molar-refractivity contribution is 0.299. The third-order valence-electron chi connectivity index (χ3n) is 1.24. The van der Waals surface area contributed by atoms with Gasteiger partial charge < -0.3 is 10.1 Å². The maximum Gasteiger partial charge on any atom is 0.248 e. The molecule has 0 atom stereocenters. The summed E-state index contributed by atoms with van der Waals surface area (Å²) in [6.07, 6.45) is 2.12. The average Bonchev–Trinajstić information content (AvgIpc) is 1.88. The molecule has 0 radical (unpaired) electrons. The number of aliphatic hydroxyl groups is 1. The molecule has 3 heteroatoms. The molecule has 1 heterocycles. The predicted molar refractivity (Wildman–Crippen MR) is 37.9 cm³/mol. The lowest BCUT2D eigenvalue weighted by Gasteiger charge is -1.93. The molecule has 0 unspecified atom stereocenters. The molecule has 0 aromatic carbocycles. The Morgan fingerprint density at radius 2 is 2.40 bits per heavy atom. The van der Waals surface area contributed by atoms with E-state index in [2.05, 4.69) is 4.98 Å². The summed E-state index contributed by atoms with van der Waals surface area (Å²) in [5.74, 6) is 0. The largest absolute Gasteiger partial charge is 0.396 e. The second kappa shape index (κ2) is 3.17. The molecular weight excluding hydrogens is 130 g/mol. The van der Waals surface area contributed by atoms with Crippen LogP contribution in [0.25, 0.3) is 0 Å². The second-order valence-corrected chi connectivity index (χ2v) is 2.03. The SMILES string of the molecule is O=c1cc(CCO)cc[nH]1. The second-order valence-electron chi connectivity index (χ2n) is 2.03. The summed E-state index contributed by atoms with van der Waals surface area (Å²) in [5, 5.41) is 8.50. The van der Waals surface area contributed by atoms with Crippen molar-refractivity contribution in [1.29, 1.82) is 0 Å². The number of aliphatic hydroxyl groups excluding tert-OH is 1. The van der Waals surface area contributed by atoms with Gasteiger partial charge in [-0.05, 0) is 18.1 Å². The molecule has 0 bridgehead atoms. The van der Waals surface area contributed by atoms with Crippen molar-refractivity contribution in [1.82, 2.24) is 4.98 Å². The number of aromatic nitrogens is 1. The standard InChI is InChI=1S/C7H9NO2/c9-4-2-6-1-3-8-7(10)5-6/h1,3,5,9H,2,4H2,(H,8,10). The van der Waals surface area contributed by atoms with Crippen molar-refractivity contribution in [3.05, 3.63) is 34.2 Å². The highest BCUT2D eigenvalue weighted by Crippen LogP contribution is 1.91. The third-order valence-corrected chi connectivity index (χ3v) is 1.24. The quantitative estimate of drug-likeness (QED) is 0.601. The minimum Gasteiger partial charge on any atom is -0.396 e. The van der Waals surface area contributed by atoms with Crippen LogP contribution in [-0.4, -0.2) is 16.7 Å². The van der Waals surface area contributed by atoms with E-state index in [1.54, 1.807) is 12.3 Å². The van der Waals surface area contributed by atoms with E-state index in [4.69, 9.17) is 5.11 Å². The number of aromatic amines is 1. The number of H-pyrrole nitrogens is 1. The number of hydrogen-bond acceptors (Lipinski definition) is 2. The summed E-state index contributed by atoms with van der Waals surface area (Å²) in [6.45, 7) is 0.0868. The molecule has 0 aliphatic rings. The maximum atomic E-state index is 10.6. The number of rotatable bonds is 2. The van der Waals surface area contributed by atoms with Gasteiger partial charge in [0.1, 0.15) is 0 Å². The fourth-order valence-electron chi connectivity index (χ4n) is 0.774. The molecule has 0 aliphatic heterocycles. The van der Waals surface area contributed by atoms with Gasteiger partial charge in [-0.1, -0.05) is 0 Å². The summed E-state index contributed by atoms with van der Waals surface area (Å²) in [5.41, 5.74) is 0.747. The van der Waals surface area contributed by atoms with Crippen LogP contribution in [0.4, 0.5) is 0 Å². The van der Waals surface area contributed by atoms with Gasteiger partial charge in [-0.25, -0.2) is 0 Å². The van der Waals surface area contributed by atoms with Crippen molar-refractivity contribution in [3.63, 3.8) is 0 Å². The molecule has 0 fully saturated rings. The van der Waals surface area contributed by atoms with Crippen LogP contribution in [0.15, 0.2) is 23.1 Å². The van der Waals surface area contributed by atoms with Crippen LogP contribution in [0.3, 0.4) is 0 Å². The van der Waals surface area contributed by atoms with Crippen LogP contribution in [0.1, 0.15) is 5.56 Å². The lowest BCUT2D eigenvalue weighted by atomic mass is 10.2. The normalized spacial score (nSPS) is 9.70. The van der Waals surface area contributed by atoms with Gasteiger partial charge in [0.05, 0.1) is 0 Å². The fourth-order valence-corrected chi connectivity index (χ4v) is 0.774. The van der Waals surface area contributed by atoms with E-state index in [0.29, 0.717) is 6.42 Å². The lowest BCUT2D eigenvalue weighted by Crippen LogP contribution is -2.04. The highest BCUT2D eigenvalue weighted by Gasteiger charge is 1.89. The zero-order chi connectivity index (χ0) is 7.40. The van der Waals surface area contributed by atoms with Crippen LogP contribution >= 0.6 is 0 Å². The molecular formula is C7H9NO2. The van der Waals surface area contributed by atoms with E-state index in [1.807, 2.05) is 0 Å². The van der Waals surface area contributed by atoms with Gasteiger partial charge in [-0.15, -0.1) is 0 Å². The van der Waals surface area contributed by atoms with Gasteiger partial charge in [-0.2, -0.15) is 0 Å². The van der Waals surface area contributed by atoms with Gasteiger partial charge in [0.2, 0.25) is 5.56 Å². The Labute approximate surface area is 58.3 Å². The molecule has 0 saturated carbocycles. The zero-order valence-corrected chi connectivity index (χ0v) is 5.50. The Balaban J connectivity index is 2.85. The minimum atomic E-state index is -0.119. The number of nitrogens with one attached hydrogen (secondary N) is 1. The summed E-state index contributed by atoms with van der Waals surface area (Å²) >= 11 is 0. The van der Waals surface area contributed by atoms with Gasteiger partial charge >= 0.3 is 0 Å². The molecule has 0 aliphatic carbocycles. The maximum absolute atomic E-state index is 10.6. The molecule has 0 saturated heterocycles. The number of hydrogen-bond donors (Lipinski definition) is 2. The van der Waals surface area contributed by atoms with Crippen molar-refractivity contribution >= 4 is 0 Å². The fraction of sp³-hybridized carbons (Fsp3) is 0.286. The van der Waals surface area contributed by atoms with Gasteiger partial charge in [-0.3, -0.25) is 4.79 Å². The first-order valence-electron chi connectivity index (χ1n) is 3.11. The van der Waals surface area contributed by atoms with Crippen molar-refractivity contribution in [2.24, 2.45) is 0 Å². The molecule has 1 rings (SSSR count). The van der Waals surface area contributed by atoms with Crippen LogP contribution in [0, 0.1) is 0 Å². The number of pyridine rings is 1. The highest BCUT2D eigenvalue weighted by atomic mass is 16.2. The summed E-state index contributed by atoms with van der Waals surface area (Å²) < 4.78 is 0. The van der Waals surface area contributed by atoms with E-state index in [1.165, 1.54) is 6.07 Å². The van der Waals surface area contributed by atoms with Crippen LogP contribution < -0.4 is 5.56 Å². The molecule has 0 amide bonds. The van der Waals surface area contributed by atoms with E-state index >= 15 is 0 Å². The van der Waals surface area contributed by atoms with E-state index in [9.17, 15) is 4.79 Å². The molecule has 10 heavy (non-hydrogen) atoms. The first-order valence-corrected chi connectivity index (χ1v) is 3.11. The minimum absolute atomic E-state index is 0.0868. The third kappa shape index (κ3) is 1.70. The first-order chi connectivity index (χ1) is 4.83. The van der Waals surface area contributed by atoms with Gasteiger partial charge in [0, 0.05) is 18.9 Å². The van der Waals surface area contributed by atoms with Crippen LogP contribution in [0.5, 0.6) is 0 Å². The van der Waals surface area contributed by atoms with Crippen molar-refractivity contribution in [2.45, 2.75) is 6.42 Å². The van der Waals surface area contributed by atoms with Gasteiger partial charge in [0.15, 0.2) is 0 Å². The van der Waals surface area contributed by atoms with Crippen molar-refractivity contribution in [2.75, 3.05) is 6.61 Å².